The van der Waals surface area contributed by atoms with Gasteiger partial charge in [-0.2, -0.15) is 13.2 Å². The number of halogens is 3. The molecule has 2 aliphatic heterocycles. The van der Waals surface area contributed by atoms with Crippen LogP contribution in [-0.4, -0.2) is 30.6 Å². The van der Waals surface area contributed by atoms with Crippen LogP contribution in [0, 0.1) is 0 Å². The molecular weight excluding hydrogens is 437 g/mol. The summed E-state index contributed by atoms with van der Waals surface area (Å²) in [5.74, 6) is -0.161. The first-order valence-electron chi connectivity index (χ1n) is 10.5. The molecule has 0 radical (unpaired) electrons. The topological polar surface area (TPSA) is 67.9 Å². The summed E-state index contributed by atoms with van der Waals surface area (Å²) in [5.41, 5.74) is 0.358. The first-order valence-corrected chi connectivity index (χ1v) is 10.5. The third-order valence-corrected chi connectivity index (χ3v) is 5.46. The average Bonchev–Trinajstić information content (AvgIpc) is 2.71. The molecule has 2 aromatic carbocycles. The highest BCUT2D eigenvalue weighted by Gasteiger charge is 2.35. The van der Waals surface area contributed by atoms with E-state index in [1.54, 1.807) is 36.9 Å². The van der Waals surface area contributed by atoms with Gasteiger partial charge in [-0.25, -0.2) is 0 Å². The molecule has 0 atom stereocenters. The van der Waals surface area contributed by atoms with Gasteiger partial charge in [-0.15, -0.1) is 0 Å². The molecule has 4 rings (SSSR count). The van der Waals surface area contributed by atoms with E-state index in [9.17, 15) is 22.8 Å². The standard InChI is InChI=1S/C24H23F3N2O4/c1-4-29-18-7-5-6-17(22(18)32-13-21(29)31)28-20(30)10-14-12-23(2,3)33-19-11-15(24(25,26)27)8-9-16(14)19/h5-11H,4,12-13H2,1-3H3,(H,28,30). The van der Waals surface area contributed by atoms with Crippen molar-refractivity contribution in [2.24, 2.45) is 0 Å². The van der Waals surface area contributed by atoms with Crippen LogP contribution in [0.4, 0.5) is 24.5 Å². The summed E-state index contributed by atoms with van der Waals surface area (Å²) in [6.07, 6.45) is -2.80. The molecule has 0 saturated carbocycles. The van der Waals surface area contributed by atoms with Crippen molar-refractivity contribution in [2.45, 2.75) is 39.0 Å². The van der Waals surface area contributed by atoms with Crippen LogP contribution in [-0.2, 0) is 15.8 Å². The Labute approximate surface area is 189 Å². The van der Waals surface area contributed by atoms with E-state index in [0.717, 1.165) is 12.1 Å². The van der Waals surface area contributed by atoms with E-state index in [1.807, 2.05) is 6.92 Å². The van der Waals surface area contributed by atoms with Crippen molar-refractivity contribution in [2.75, 3.05) is 23.4 Å². The molecule has 0 fully saturated rings. The molecule has 0 unspecified atom stereocenters. The van der Waals surface area contributed by atoms with Crippen LogP contribution in [0.5, 0.6) is 11.5 Å². The molecule has 0 bridgehead atoms. The van der Waals surface area contributed by atoms with E-state index in [4.69, 9.17) is 9.47 Å². The highest BCUT2D eigenvalue weighted by atomic mass is 19.4. The van der Waals surface area contributed by atoms with Crippen molar-refractivity contribution in [3.8, 4) is 11.5 Å². The molecule has 6 nitrogen and oxygen atoms in total. The van der Waals surface area contributed by atoms with Gasteiger partial charge in [-0.05, 0) is 50.6 Å². The predicted molar refractivity (Wildman–Crippen MR) is 117 cm³/mol. The Hall–Kier alpha value is -3.49. The van der Waals surface area contributed by atoms with Gasteiger partial charge in [-0.1, -0.05) is 12.1 Å². The number of carbonyl (C=O) groups is 2. The highest BCUT2D eigenvalue weighted by Crippen LogP contribution is 2.43. The quantitative estimate of drug-likeness (QED) is 0.653. The summed E-state index contributed by atoms with van der Waals surface area (Å²) in [7, 11) is 0. The van der Waals surface area contributed by atoms with Gasteiger partial charge < -0.3 is 19.7 Å². The van der Waals surface area contributed by atoms with Crippen molar-refractivity contribution in [1.82, 2.24) is 0 Å². The van der Waals surface area contributed by atoms with Gasteiger partial charge in [0.25, 0.3) is 5.91 Å². The van der Waals surface area contributed by atoms with Crippen molar-refractivity contribution >= 4 is 28.8 Å². The SMILES string of the molecule is CCN1C(=O)COc2c(NC(=O)C=C3CC(C)(C)Oc4cc(C(F)(F)F)ccc43)cccc21. The fraction of sp³-hybridized carbons (Fsp3) is 0.333. The lowest BCUT2D eigenvalue weighted by Crippen LogP contribution is -2.38. The Morgan fingerprint density at radius 3 is 2.70 bits per heavy atom. The second-order valence-corrected chi connectivity index (χ2v) is 8.49. The van der Waals surface area contributed by atoms with Crippen LogP contribution in [0.3, 0.4) is 0 Å². The minimum atomic E-state index is -4.50. The van der Waals surface area contributed by atoms with Gasteiger partial charge in [0.2, 0.25) is 5.91 Å². The van der Waals surface area contributed by atoms with Crippen molar-refractivity contribution in [3.05, 3.63) is 53.6 Å². The number of amides is 2. The molecule has 2 amide bonds. The summed E-state index contributed by atoms with van der Waals surface area (Å²) in [4.78, 5) is 26.5. The van der Waals surface area contributed by atoms with Gasteiger partial charge in [0, 0.05) is 24.6 Å². The minimum absolute atomic E-state index is 0.0812. The van der Waals surface area contributed by atoms with E-state index in [1.165, 1.54) is 12.1 Å². The maximum atomic E-state index is 13.1. The Bertz CT molecular complexity index is 1150. The zero-order chi connectivity index (χ0) is 24.0. The lowest BCUT2D eigenvalue weighted by atomic mass is 9.88. The Morgan fingerprint density at radius 1 is 1.24 bits per heavy atom. The summed E-state index contributed by atoms with van der Waals surface area (Å²) in [6, 6.07) is 8.36. The molecule has 2 heterocycles. The number of hydrogen-bond acceptors (Lipinski definition) is 4. The maximum Gasteiger partial charge on any atom is 0.416 e. The van der Waals surface area contributed by atoms with E-state index in [0.29, 0.717) is 41.2 Å². The van der Waals surface area contributed by atoms with Crippen LogP contribution >= 0.6 is 0 Å². The third-order valence-electron chi connectivity index (χ3n) is 5.46. The first kappa shape index (κ1) is 22.7. The number of nitrogens with zero attached hydrogens (tertiary/aromatic N) is 1. The number of fused-ring (bicyclic) bond motifs is 2. The molecule has 1 N–H and O–H groups in total. The summed E-state index contributed by atoms with van der Waals surface area (Å²) in [6.45, 7) is 5.67. The molecule has 174 valence electrons. The number of ether oxygens (including phenoxy) is 2. The van der Waals surface area contributed by atoms with Crippen LogP contribution in [0.15, 0.2) is 42.5 Å². The average molecular weight is 460 g/mol. The summed E-state index contributed by atoms with van der Waals surface area (Å²) in [5, 5.41) is 2.77. The van der Waals surface area contributed by atoms with Crippen LogP contribution in [0.2, 0.25) is 0 Å². The lowest BCUT2D eigenvalue weighted by molar-refractivity contribution is -0.137. The normalized spacial score (nSPS) is 18.2. The minimum Gasteiger partial charge on any atom is -0.487 e. The van der Waals surface area contributed by atoms with Crippen molar-refractivity contribution in [3.63, 3.8) is 0 Å². The zero-order valence-corrected chi connectivity index (χ0v) is 18.4. The van der Waals surface area contributed by atoms with Crippen LogP contribution < -0.4 is 19.7 Å². The summed E-state index contributed by atoms with van der Waals surface area (Å²) >= 11 is 0. The molecular formula is C24H23F3N2O4. The Morgan fingerprint density at radius 2 is 2.00 bits per heavy atom. The predicted octanol–water partition coefficient (Wildman–Crippen LogP) is 5.03. The fourth-order valence-corrected chi connectivity index (χ4v) is 4.07. The molecule has 0 aromatic heterocycles. The number of carbonyl (C=O) groups excluding carboxylic acids is 2. The molecule has 33 heavy (non-hydrogen) atoms. The number of hydrogen-bond donors (Lipinski definition) is 1. The molecule has 9 heteroatoms. The first-order chi connectivity index (χ1) is 15.5. The van der Waals surface area contributed by atoms with Crippen LogP contribution in [0.25, 0.3) is 5.57 Å². The van der Waals surface area contributed by atoms with E-state index in [-0.39, 0.29) is 18.3 Å². The number of rotatable bonds is 3. The number of nitrogens with one attached hydrogen (secondary N) is 1. The van der Waals surface area contributed by atoms with Gasteiger partial charge in [-0.3, -0.25) is 9.59 Å². The number of benzene rings is 2. The number of likely N-dealkylation sites (N-methyl/N-ethyl adjacent to an activating group) is 1. The zero-order valence-electron chi connectivity index (χ0n) is 18.4. The molecule has 0 aliphatic carbocycles. The Kier molecular flexibility index (Phi) is 5.59. The number of alkyl halides is 3. The molecule has 2 aromatic rings. The number of anilines is 2. The van der Waals surface area contributed by atoms with Gasteiger partial charge in [0.15, 0.2) is 12.4 Å². The van der Waals surface area contributed by atoms with Crippen molar-refractivity contribution < 1.29 is 32.2 Å². The van der Waals surface area contributed by atoms with E-state index >= 15 is 0 Å². The maximum absolute atomic E-state index is 13.1. The smallest absolute Gasteiger partial charge is 0.416 e. The highest BCUT2D eigenvalue weighted by molar-refractivity contribution is 6.07. The number of para-hydroxylation sites is 1. The van der Waals surface area contributed by atoms with E-state index in [2.05, 4.69) is 5.32 Å². The molecule has 2 aliphatic rings. The summed E-state index contributed by atoms with van der Waals surface area (Å²) < 4.78 is 50.8. The second-order valence-electron chi connectivity index (χ2n) is 8.49. The fourth-order valence-electron chi connectivity index (χ4n) is 4.07. The monoisotopic (exact) mass is 460 g/mol. The van der Waals surface area contributed by atoms with E-state index < -0.39 is 23.2 Å². The largest absolute Gasteiger partial charge is 0.487 e. The van der Waals surface area contributed by atoms with Gasteiger partial charge in [0.1, 0.15) is 11.4 Å². The molecule has 0 spiro atoms. The van der Waals surface area contributed by atoms with Crippen molar-refractivity contribution in [1.29, 1.82) is 0 Å². The molecule has 0 saturated heterocycles. The second kappa shape index (κ2) is 8.13. The van der Waals surface area contributed by atoms with Crippen LogP contribution in [0.1, 0.15) is 38.3 Å². The Balaban J connectivity index is 1.65. The van der Waals surface area contributed by atoms with Gasteiger partial charge >= 0.3 is 6.18 Å². The lowest BCUT2D eigenvalue weighted by Gasteiger charge is -2.34. The van der Waals surface area contributed by atoms with Gasteiger partial charge in [0.05, 0.1) is 16.9 Å². The third kappa shape index (κ3) is 4.53.